The van der Waals surface area contributed by atoms with Crippen molar-refractivity contribution in [2.24, 2.45) is 0 Å². The third kappa shape index (κ3) is 4.95. The van der Waals surface area contributed by atoms with Crippen LogP contribution in [0.4, 0.5) is 0 Å². The molecule has 3 rings (SSSR count). The van der Waals surface area contributed by atoms with Crippen molar-refractivity contribution in [3.8, 4) is 11.3 Å². The number of rotatable bonds is 7. The normalized spacial score (nSPS) is 16.0. The molecule has 1 fully saturated rings. The summed E-state index contributed by atoms with van der Waals surface area (Å²) in [6.07, 6.45) is 1.45. The summed E-state index contributed by atoms with van der Waals surface area (Å²) in [6, 6.07) is 9.69. The van der Waals surface area contributed by atoms with E-state index in [1.165, 1.54) is 0 Å². The summed E-state index contributed by atoms with van der Waals surface area (Å²) in [5.41, 5.74) is 0.993. The maximum Gasteiger partial charge on any atom is 0.305 e. The monoisotopic (exact) mass is 372 g/mol. The fourth-order valence-electron chi connectivity index (χ4n) is 3.39. The van der Waals surface area contributed by atoms with Crippen LogP contribution in [0.25, 0.3) is 11.3 Å². The van der Waals surface area contributed by atoms with E-state index in [0.29, 0.717) is 44.1 Å². The molecule has 0 spiro atoms. The Morgan fingerprint density at radius 1 is 1.22 bits per heavy atom. The van der Waals surface area contributed by atoms with Crippen molar-refractivity contribution in [2.45, 2.75) is 44.6 Å². The Morgan fingerprint density at radius 3 is 2.59 bits per heavy atom. The lowest BCUT2D eigenvalue weighted by Crippen LogP contribution is -2.53. The molecule has 0 atom stereocenters. The second-order valence-corrected chi connectivity index (χ2v) is 6.90. The number of aromatic nitrogens is 1. The fraction of sp³-hybridized carbons (Fsp3) is 0.450. The third-order valence-electron chi connectivity index (χ3n) is 4.79. The van der Waals surface area contributed by atoms with E-state index in [4.69, 9.17) is 9.15 Å². The van der Waals surface area contributed by atoms with Gasteiger partial charge in [-0.25, -0.2) is 4.98 Å². The number of hydrogen-bond donors (Lipinski definition) is 2. The van der Waals surface area contributed by atoms with Crippen LogP contribution >= 0.6 is 0 Å². The quantitative estimate of drug-likeness (QED) is 0.775. The molecule has 1 aromatic heterocycles. The lowest BCUT2D eigenvalue weighted by Gasteiger charge is -2.36. The number of benzene rings is 1. The Bertz CT molecular complexity index is 794. The molecule has 7 heteroatoms. The number of amides is 1. The Kier molecular flexibility index (Phi) is 5.91. The van der Waals surface area contributed by atoms with Crippen LogP contribution in [0, 0.1) is 6.92 Å². The van der Waals surface area contributed by atoms with Crippen molar-refractivity contribution in [3.63, 3.8) is 0 Å². The Balaban J connectivity index is 1.61. The lowest BCUT2D eigenvalue weighted by atomic mass is 9.86. The van der Waals surface area contributed by atoms with Gasteiger partial charge in [0.25, 0.3) is 0 Å². The Morgan fingerprint density at radius 2 is 1.93 bits per heavy atom. The van der Waals surface area contributed by atoms with Crippen molar-refractivity contribution in [1.29, 1.82) is 0 Å². The van der Waals surface area contributed by atoms with Crippen molar-refractivity contribution in [2.75, 3.05) is 13.2 Å². The molecule has 0 saturated carbocycles. The minimum atomic E-state index is -0.923. The van der Waals surface area contributed by atoms with Crippen LogP contribution in [0.5, 0.6) is 0 Å². The first-order valence-electron chi connectivity index (χ1n) is 9.10. The zero-order valence-electron chi connectivity index (χ0n) is 15.4. The molecule has 27 heavy (non-hydrogen) atoms. The van der Waals surface area contributed by atoms with Crippen LogP contribution in [-0.2, 0) is 20.7 Å². The van der Waals surface area contributed by atoms with Crippen LogP contribution in [0.1, 0.15) is 37.3 Å². The van der Waals surface area contributed by atoms with Gasteiger partial charge in [0, 0.05) is 31.6 Å². The number of carboxylic acid groups (broad SMARTS) is 1. The van der Waals surface area contributed by atoms with Crippen LogP contribution in [0.15, 0.2) is 34.7 Å². The van der Waals surface area contributed by atoms with Crippen LogP contribution in [-0.4, -0.2) is 40.7 Å². The van der Waals surface area contributed by atoms with Gasteiger partial charge in [0.2, 0.25) is 5.91 Å². The summed E-state index contributed by atoms with van der Waals surface area (Å²) in [4.78, 5) is 28.0. The number of ether oxygens (including phenoxy) is 1. The zero-order chi connectivity index (χ0) is 19.3. The molecule has 0 aliphatic carbocycles. The third-order valence-corrected chi connectivity index (χ3v) is 4.79. The molecule has 1 saturated heterocycles. The second-order valence-electron chi connectivity index (χ2n) is 6.90. The van der Waals surface area contributed by atoms with Gasteiger partial charge in [-0.2, -0.15) is 0 Å². The van der Waals surface area contributed by atoms with Crippen LogP contribution < -0.4 is 5.32 Å². The van der Waals surface area contributed by atoms with E-state index in [2.05, 4.69) is 10.3 Å². The first-order chi connectivity index (χ1) is 13.0. The molecule has 1 aliphatic rings. The van der Waals surface area contributed by atoms with E-state index in [0.717, 1.165) is 11.3 Å². The predicted molar refractivity (Wildman–Crippen MR) is 98.2 cm³/mol. The highest BCUT2D eigenvalue weighted by Gasteiger charge is 2.36. The summed E-state index contributed by atoms with van der Waals surface area (Å²) < 4.78 is 11.1. The van der Waals surface area contributed by atoms with Gasteiger partial charge in [-0.3, -0.25) is 9.59 Å². The topological polar surface area (TPSA) is 102 Å². The average molecular weight is 372 g/mol. The minimum Gasteiger partial charge on any atom is -0.481 e. The number of nitrogens with zero attached hydrogens (tertiary/aromatic N) is 1. The summed E-state index contributed by atoms with van der Waals surface area (Å²) in [6.45, 7) is 2.78. The summed E-state index contributed by atoms with van der Waals surface area (Å²) in [5.74, 6) is 0.0850. The number of aryl methyl sites for hydroxylation is 2. The lowest BCUT2D eigenvalue weighted by molar-refractivity contribution is -0.140. The van der Waals surface area contributed by atoms with Gasteiger partial charge in [-0.05, 0) is 19.8 Å². The molecule has 2 aromatic rings. The molecule has 7 nitrogen and oxygen atoms in total. The SMILES string of the molecule is Cc1nc(CCC(=O)NC2(CC(=O)O)CCOCC2)oc1-c1ccccc1. The van der Waals surface area contributed by atoms with Crippen LogP contribution in [0.2, 0.25) is 0 Å². The summed E-state index contributed by atoms with van der Waals surface area (Å²) in [7, 11) is 0. The van der Waals surface area contributed by atoms with E-state index in [1.54, 1.807) is 0 Å². The number of carboxylic acids is 1. The number of nitrogens with one attached hydrogen (secondary N) is 1. The number of aliphatic carboxylic acids is 1. The Labute approximate surface area is 157 Å². The van der Waals surface area contributed by atoms with E-state index in [-0.39, 0.29) is 18.7 Å². The average Bonchev–Trinajstić information content (AvgIpc) is 3.01. The molecular formula is C20H24N2O5. The number of oxazole rings is 1. The number of hydrogen-bond acceptors (Lipinski definition) is 5. The fourth-order valence-corrected chi connectivity index (χ4v) is 3.39. The maximum absolute atomic E-state index is 12.4. The molecule has 0 radical (unpaired) electrons. The Hall–Kier alpha value is -2.67. The van der Waals surface area contributed by atoms with E-state index < -0.39 is 11.5 Å². The summed E-state index contributed by atoms with van der Waals surface area (Å²) >= 11 is 0. The van der Waals surface area contributed by atoms with Gasteiger partial charge in [0.05, 0.1) is 17.7 Å². The van der Waals surface area contributed by atoms with Gasteiger partial charge in [0.1, 0.15) is 0 Å². The molecule has 1 aromatic carbocycles. The molecule has 1 amide bonds. The predicted octanol–water partition coefficient (Wildman–Crippen LogP) is 2.72. The van der Waals surface area contributed by atoms with Gasteiger partial charge in [-0.1, -0.05) is 30.3 Å². The van der Waals surface area contributed by atoms with Crippen molar-refractivity contribution < 1.29 is 23.8 Å². The maximum atomic E-state index is 12.4. The highest BCUT2D eigenvalue weighted by molar-refractivity contribution is 5.78. The molecule has 2 N–H and O–H groups in total. The van der Waals surface area contributed by atoms with Crippen LogP contribution in [0.3, 0.4) is 0 Å². The van der Waals surface area contributed by atoms with Gasteiger partial charge >= 0.3 is 5.97 Å². The number of carbonyl (C=O) groups is 2. The highest BCUT2D eigenvalue weighted by atomic mass is 16.5. The van der Waals surface area contributed by atoms with E-state index >= 15 is 0 Å². The number of carbonyl (C=O) groups excluding carboxylic acids is 1. The van der Waals surface area contributed by atoms with E-state index in [9.17, 15) is 14.7 Å². The standard InChI is InChI=1S/C20H24N2O5/c1-14-19(15-5-3-2-4-6-15)27-17(21-14)8-7-16(23)22-20(13-18(24)25)9-11-26-12-10-20/h2-6H,7-13H2,1H3,(H,22,23)(H,24,25). The largest absolute Gasteiger partial charge is 0.481 e. The first kappa shape index (κ1) is 19.1. The molecule has 0 bridgehead atoms. The highest BCUT2D eigenvalue weighted by Crippen LogP contribution is 2.26. The van der Waals surface area contributed by atoms with Gasteiger partial charge < -0.3 is 19.6 Å². The molecule has 1 aliphatic heterocycles. The zero-order valence-corrected chi connectivity index (χ0v) is 15.4. The van der Waals surface area contributed by atoms with E-state index in [1.807, 2.05) is 37.3 Å². The van der Waals surface area contributed by atoms with Crippen molar-refractivity contribution in [3.05, 3.63) is 41.9 Å². The molecule has 0 unspecified atom stereocenters. The molecule has 2 heterocycles. The minimum absolute atomic E-state index is 0.0988. The van der Waals surface area contributed by atoms with Gasteiger partial charge in [-0.15, -0.1) is 0 Å². The molecule has 144 valence electrons. The van der Waals surface area contributed by atoms with Gasteiger partial charge in [0.15, 0.2) is 11.7 Å². The second kappa shape index (κ2) is 8.35. The first-order valence-corrected chi connectivity index (χ1v) is 9.10. The van der Waals surface area contributed by atoms with Crippen molar-refractivity contribution >= 4 is 11.9 Å². The molecular weight excluding hydrogens is 348 g/mol. The van der Waals surface area contributed by atoms with Crippen molar-refractivity contribution in [1.82, 2.24) is 10.3 Å². The smallest absolute Gasteiger partial charge is 0.305 e. The summed E-state index contributed by atoms with van der Waals surface area (Å²) in [5, 5.41) is 12.1.